The number of ether oxygens (including phenoxy) is 2. The summed E-state index contributed by atoms with van der Waals surface area (Å²) >= 11 is 0. The van der Waals surface area contributed by atoms with Gasteiger partial charge in [-0.15, -0.1) is 0 Å². The first kappa shape index (κ1) is 26.1. The van der Waals surface area contributed by atoms with Crippen LogP contribution < -0.4 is 15.8 Å². The van der Waals surface area contributed by atoms with Crippen molar-refractivity contribution in [3.8, 4) is 5.75 Å². The second-order valence-electron chi connectivity index (χ2n) is 11.4. The van der Waals surface area contributed by atoms with Crippen LogP contribution in [-0.4, -0.2) is 47.0 Å². The number of nitrogens with zero attached hydrogens (tertiary/aromatic N) is 2. The maximum Gasteiger partial charge on any atom is 0.247 e. The number of fused-ring (bicyclic) bond motifs is 7. The fourth-order valence-electron chi connectivity index (χ4n) is 5.82. The van der Waals surface area contributed by atoms with Gasteiger partial charge in [-0.1, -0.05) is 31.2 Å². The van der Waals surface area contributed by atoms with Gasteiger partial charge in [0.1, 0.15) is 17.1 Å². The van der Waals surface area contributed by atoms with Crippen LogP contribution in [0.4, 0.5) is 0 Å². The molecule has 2 unspecified atom stereocenters. The number of carbonyl (C=O) groups excluding carboxylic acids is 2. The van der Waals surface area contributed by atoms with Gasteiger partial charge in [0.15, 0.2) is 5.96 Å². The monoisotopic (exact) mass is 518 g/mol. The van der Waals surface area contributed by atoms with E-state index in [1.165, 1.54) is 5.56 Å². The average Bonchev–Trinajstić information content (AvgIpc) is 2.85. The van der Waals surface area contributed by atoms with Gasteiger partial charge in [-0.2, -0.15) is 0 Å². The van der Waals surface area contributed by atoms with Gasteiger partial charge in [0, 0.05) is 36.0 Å². The van der Waals surface area contributed by atoms with Crippen LogP contribution >= 0.6 is 0 Å². The fourth-order valence-corrected chi connectivity index (χ4v) is 5.82. The van der Waals surface area contributed by atoms with Crippen LogP contribution in [0.5, 0.6) is 5.75 Å². The van der Waals surface area contributed by atoms with Gasteiger partial charge in [0.05, 0.1) is 24.7 Å². The molecule has 1 aromatic rings. The minimum atomic E-state index is -0.392. The molecular weight excluding hydrogens is 480 g/mol. The van der Waals surface area contributed by atoms with E-state index in [1.54, 1.807) is 24.0 Å². The molecular formula is C30H38N4O4. The topological polar surface area (TPSA) is 106 Å². The van der Waals surface area contributed by atoms with Crippen molar-refractivity contribution in [3.63, 3.8) is 0 Å². The zero-order valence-corrected chi connectivity index (χ0v) is 22.6. The zero-order chi connectivity index (χ0) is 27.0. The fraction of sp³-hybridized carbons (Fsp3) is 0.500. The summed E-state index contributed by atoms with van der Waals surface area (Å²) in [6, 6.07) is 5.72. The highest BCUT2D eigenvalue weighted by molar-refractivity contribution is 5.99. The van der Waals surface area contributed by atoms with Gasteiger partial charge in [0.25, 0.3) is 0 Å². The lowest BCUT2D eigenvalue weighted by Gasteiger charge is -2.39. The molecule has 2 amide bonds. The largest absolute Gasteiger partial charge is 0.493 e. The summed E-state index contributed by atoms with van der Waals surface area (Å²) in [4.78, 5) is 32.7. The summed E-state index contributed by atoms with van der Waals surface area (Å²) < 4.78 is 12.1. The molecule has 0 aromatic heterocycles. The van der Waals surface area contributed by atoms with Crippen molar-refractivity contribution >= 4 is 17.8 Å². The van der Waals surface area contributed by atoms with Crippen molar-refractivity contribution in [2.75, 3.05) is 6.61 Å². The van der Waals surface area contributed by atoms with E-state index in [0.717, 1.165) is 37.0 Å². The molecule has 5 aliphatic heterocycles. The van der Waals surface area contributed by atoms with Gasteiger partial charge in [-0.25, -0.2) is 4.99 Å². The number of amides is 2. The Kier molecular flexibility index (Phi) is 7.07. The van der Waals surface area contributed by atoms with E-state index in [2.05, 4.69) is 29.0 Å². The van der Waals surface area contributed by atoms with Gasteiger partial charge in [-0.05, 0) is 57.7 Å². The molecule has 6 bridgehead atoms. The molecule has 5 heterocycles. The Morgan fingerprint density at radius 3 is 2.79 bits per heavy atom. The molecule has 0 spiro atoms. The Morgan fingerprint density at radius 1 is 1.18 bits per heavy atom. The van der Waals surface area contributed by atoms with Crippen molar-refractivity contribution in [1.82, 2.24) is 10.2 Å². The van der Waals surface area contributed by atoms with Crippen LogP contribution in [0.2, 0.25) is 0 Å². The number of guanidine groups is 1. The third-order valence-corrected chi connectivity index (χ3v) is 7.85. The van der Waals surface area contributed by atoms with E-state index in [4.69, 9.17) is 15.2 Å². The van der Waals surface area contributed by atoms with Gasteiger partial charge < -0.3 is 20.5 Å². The number of carbonyl (C=O) groups is 2. The summed E-state index contributed by atoms with van der Waals surface area (Å²) in [7, 11) is 0. The Labute approximate surface area is 224 Å². The highest BCUT2D eigenvalue weighted by atomic mass is 16.5. The smallest absolute Gasteiger partial charge is 0.247 e. The molecule has 1 fully saturated rings. The van der Waals surface area contributed by atoms with E-state index in [-0.39, 0.29) is 35.9 Å². The molecule has 38 heavy (non-hydrogen) atoms. The van der Waals surface area contributed by atoms with Gasteiger partial charge in [-0.3, -0.25) is 14.5 Å². The van der Waals surface area contributed by atoms with Crippen LogP contribution in [0, 0.1) is 0 Å². The lowest BCUT2D eigenvalue weighted by molar-refractivity contribution is -0.130. The lowest BCUT2D eigenvalue weighted by atomic mass is 9.88. The highest BCUT2D eigenvalue weighted by Crippen LogP contribution is 2.40. The van der Waals surface area contributed by atoms with Crippen LogP contribution in [0.3, 0.4) is 0 Å². The van der Waals surface area contributed by atoms with Crippen molar-refractivity contribution in [3.05, 3.63) is 65.0 Å². The normalized spacial score (nSPS) is 30.5. The van der Waals surface area contributed by atoms with E-state index < -0.39 is 5.60 Å². The number of rotatable bonds is 0. The zero-order valence-electron chi connectivity index (χ0n) is 22.6. The van der Waals surface area contributed by atoms with E-state index >= 15 is 0 Å². The van der Waals surface area contributed by atoms with Crippen LogP contribution in [0.15, 0.2) is 58.8 Å². The minimum Gasteiger partial charge on any atom is -0.493 e. The molecule has 6 rings (SSSR count). The number of nitrogens with one attached hydrogen (secondary N) is 1. The van der Waals surface area contributed by atoms with Crippen molar-refractivity contribution in [2.45, 2.75) is 89.4 Å². The SMILES string of the molecule is C=C1/C2=C\C=C(/C)C(=O)NC3CC(C)(C)Oc4ccc(cc43)CCCCC3CC(=O)N(C(N)=N3)[C@@H]1CCO2. The molecule has 3 N–H and O–H groups in total. The number of benzene rings is 1. The van der Waals surface area contributed by atoms with E-state index in [9.17, 15) is 9.59 Å². The van der Waals surface area contributed by atoms with Crippen LogP contribution in [0.1, 0.15) is 76.5 Å². The molecule has 0 saturated carbocycles. The molecule has 1 saturated heterocycles. The van der Waals surface area contributed by atoms with Gasteiger partial charge >= 0.3 is 0 Å². The van der Waals surface area contributed by atoms with E-state index in [0.29, 0.717) is 42.8 Å². The summed E-state index contributed by atoms with van der Waals surface area (Å²) in [6.07, 6.45) is 8.73. The molecule has 8 nitrogen and oxygen atoms in total. The molecule has 0 radical (unpaired) electrons. The van der Waals surface area contributed by atoms with Crippen LogP contribution in [-0.2, 0) is 20.7 Å². The summed E-state index contributed by atoms with van der Waals surface area (Å²) in [5, 5.41) is 3.23. The average molecular weight is 519 g/mol. The summed E-state index contributed by atoms with van der Waals surface area (Å²) in [6.45, 7) is 10.5. The van der Waals surface area contributed by atoms with Crippen molar-refractivity contribution in [1.29, 1.82) is 0 Å². The molecule has 0 aliphatic carbocycles. The molecule has 3 atom stereocenters. The quantitative estimate of drug-likeness (QED) is 0.535. The second kappa shape index (κ2) is 10.3. The molecule has 5 aliphatic rings. The Hall–Kier alpha value is -3.55. The maximum absolute atomic E-state index is 13.2. The van der Waals surface area contributed by atoms with Gasteiger partial charge in [0.2, 0.25) is 11.8 Å². The number of hydrogen-bond acceptors (Lipinski definition) is 6. The first-order valence-corrected chi connectivity index (χ1v) is 13.6. The summed E-state index contributed by atoms with van der Waals surface area (Å²) in [5.41, 5.74) is 9.35. The first-order valence-electron chi connectivity index (χ1n) is 13.6. The predicted octanol–water partition coefficient (Wildman–Crippen LogP) is 4.22. The predicted molar refractivity (Wildman–Crippen MR) is 146 cm³/mol. The number of hydrogen-bond donors (Lipinski definition) is 2. The van der Waals surface area contributed by atoms with Crippen molar-refractivity contribution in [2.24, 2.45) is 10.7 Å². The van der Waals surface area contributed by atoms with Crippen LogP contribution in [0.25, 0.3) is 0 Å². The lowest BCUT2D eigenvalue weighted by Crippen LogP contribution is -2.54. The first-order chi connectivity index (χ1) is 18.1. The molecule has 8 heteroatoms. The highest BCUT2D eigenvalue weighted by Gasteiger charge is 2.37. The number of aliphatic imine (C=N–C) groups is 1. The van der Waals surface area contributed by atoms with E-state index in [1.807, 2.05) is 19.9 Å². The third-order valence-electron chi connectivity index (χ3n) is 7.85. The Bertz CT molecular complexity index is 1240. The Morgan fingerprint density at radius 2 is 2.00 bits per heavy atom. The number of nitrogens with two attached hydrogens (primary N) is 1. The maximum atomic E-state index is 13.2. The standard InChI is InChI=1S/C30H38N4O4/c1-18-9-11-25-19(2)24(13-14-37-25)34-27(35)16-21(32-29(34)31)8-6-5-7-20-10-12-26-22(15-20)23(33-28(18)36)17-30(3,4)38-26/h9-12,15,21,23-24H,2,5-8,13-14,16-17H2,1,3-4H3,(H2,31,32)(H,33,36)/b18-9+,25-11+/t21?,23?,24-/m1/s1. The third kappa shape index (κ3) is 5.35. The number of allylic oxidation sites excluding steroid dienone is 2. The molecule has 1 aromatic carbocycles. The Balaban J connectivity index is 1.49. The van der Waals surface area contributed by atoms with Crippen molar-refractivity contribution < 1.29 is 19.1 Å². The minimum absolute atomic E-state index is 0.0287. The molecule has 202 valence electrons. The second-order valence-corrected chi connectivity index (χ2v) is 11.4. The summed E-state index contributed by atoms with van der Waals surface area (Å²) in [5.74, 6) is 1.44. The number of aryl methyl sites for hydroxylation is 1.